The highest BCUT2D eigenvalue weighted by Gasteiger charge is 2.11. The molecule has 0 radical (unpaired) electrons. The molecule has 0 bridgehead atoms. The van der Waals surface area contributed by atoms with Crippen LogP contribution in [0.4, 0.5) is 11.8 Å². The minimum atomic E-state index is 0.124. The Kier molecular flexibility index (Phi) is 1.97. The van der Waals surface area contributed by atoms with Crippen LogP contribution in [0.25, 0.3) is 27.8 Å². The first-order valence-electron chi connectivity index (χ1n) is 5.92. The van der Waals surface area contributed by atoms with Gasteiger partial charge in [0.25, 0.3) is 0 Å². The number of benzene rings is 1. The van der Waals surface area contributed by atoms with Gasteiger partial charge in [0.2, 0.25) is 5.95 Å². The number of nitrogen functional groups attached to an aromatic ring is 2. The number of fused-ring (bicyclic) bond motifs is 2. The zero-order valence-electron chi connectivity index (χ0n) is 10.3. The van der Waals surface area contributed by atoms with E-state index < -0.39 is 0 Å². The summed E-state index contributed by atoms with van der Waals surface area (Å²) in [7, 11) is 0. The maximum absolute atomic E-state index is 5.80. The van der Waals surface area contributed by atoms with E-state index >= 15 is 0 Å². The summed E-state index contributed by atoms with van der Waals surface area (Å²) in [6.45, 7) is 0. The number of nitrogens with one attached hydrogen (secondary N) is 1. The molecule has 0 saturated carbocycles. The quantitative estimate of drug-likeness (QED) is 0.469. The zero-order chi connectivity index (χ0) is 13.7. The molecule has 98 valence electrons. The van der Waals surface area contributed by atoms with Crippen LogP contribution in [0.5, 0.6) is 0 Å². The molecule has 8 nitrogen and oxygen atoms in total. The Morgan fingerprint density at radius 3 is 2.95 bits per heavy atom. The molecule has 0 aliphatic rings. The number of rotatable bonds is 1. The third kappa shape index (κ3) is 1.41. The lowest BCUT2D eigenvalue weighted by molar-refractivity contribution is 1.06. The van der Waals surface area contributed by atoms with Crippen molar-refractivity contribution in [3.8, 4) is 5.69 Å². The molecule has 4 aromatic rings. The number of nitrogens with two attached hydrogens (primary N) is 2. The van der Waals surface area contributed by atoms with Gasteiger partial charge in [-0.25, -0.2) is 4.98 Å². The lowest BCUT2D eigenvalue weighted by atomic mass is 10.2. The fourth-order valence-corrected chi connectivity index (χ4v) is 2.20. The predicted molar refractivity (Wildman–Crippen MR) is 75.1 cm³/mol. The number of H-pyrrole nitrogens is 1. The summed E-state index contributed by atoms with van der Waals surface area (Å²) < 4.78 is 1.81. The third-order valence-corrected chi connectivity index (χ3v) is 3.14. The Labute approximate surface area is 112 Å². The van der Waals surface area contributed by atoms with Gasteiger partial charge in [-0.15, -0.1) is 0 Å². The second-order valence-corrected chi connectivity index (χ2v) is 4.40. The molecule has 5 N–H and O–H groups in total. The van der Waals surface area contributed by atoms with E-state index in [0.717, 1.165) is 16.6 Å². The van der Waals surface area contributed by atoms with E-state index in [9.17, 15) is 0 Å². The SMILES string of the molecule is Nc1nc(N)c2ncn(-c3ccc4cn[nH]c4c3)c2n1. The summed E-state index contributed by atoms with van der Waals surface area (Å²) in [4.78, 5) is 12.3. The minimum Gasteiger partial charge on any atom is -0.382 e. The van der Waals surface area contributed by atoms with Gasteiger partial charge in [0.05, 0.1) is 17.4 Å². The van der Waals surface area contributed by atoms with Crippen LogP contribution in [0.3, 0.4) is 0 Å². The Morgan fingerprint density at radius 1 is 1.15 bits per heavy atom. The van der Waals surface area contributed by atoms with Gasteiger partial charge in [-0.2, -0.15) is 15.1 Å². The second-order valence-electron chi connectivity index (χ2n) is 4.40. The summed E-state index contributed by atoms with van der Waals surface area (Å²) in [6, 6.07) is 5.87. The van der Waals surface area contributed by atoms with E-state index in [0.29, 0.717) is 11.2 Å². The highest BCUT2D eigenvalue weighted by atomic mass is 15.2. The maximum Gasteiger partial charge on any atom is 0.224 e. The molecule has 3 aromatic heterocycles. The average Bonchev–Trinajstić information content (AvgIpc) is 3.03. The highest BCUT2D eigenvalue weighted by molar-refractivity contribution is 5.85. The van der Waals surface area contributed by atoms with Gasteiger partial charge in [0.15, 0.2) is 17.0 Å². The Bertz CT molecular complexity index is 935. The Morgan fingerprint density at radius 2 is 2.05 bits per heavy atom. The molecule has 3 heterocycles. The van der Waals surface area contributed by atoms with E-state index in [1.807, 2.05) is 22.8 Å². The van der Waals surface area contributed by atoms with E-state index in [-0.39, 0.29) is 11.8 Å². The molecule has 0 amide bonds. The molecule has 0 saturated heterocycles. The molecule has 20 heavy (non-hydrogen) atoms. The Hall–Kier alpha value is -3.16. The molecule has 1 aromatic carbocycles. The first-order valence-corrected chi connectivity index (χ1v) is 5.92. The largest absolute Gasteiger partial charge is 0.382 e. The number of aromatic nitrogens is 6. The summed E-state index contributed by atoms with van der Waals surface area (Å²) in [6.07, 6.45) is 3.41. The summed E-state index contributed by atoms with van der Waals surface area (Å²) in [5.74, 6) is 0.397. The van der Waals surface area contributed by atoms with E-state index in [4.69, 9.17) is 11.5 Å². The normalized spacial score (nSPS) is 11.4. The first-order chi connectivity index (χ1) is 9.72. The van der Waals surface area contributed by atoms with Crippen molar-refractivity contribution in [2.45, 2.75) is 0 Å². The van der Waals surface area contributed by atoms with Crippen LogP contribution in [-0.4, -0.2) is 29.7 Å². The van der Waals surface area contributed by atoms with E-state index in [2.05, 4.69) is 25.1 Å². The molecule has 0 fully saturated rings. The first kappa shape index (κ1) is 10.7. The van der Waals surface area contributed by atoms with Gasteiger partial charge in [0, 0.05) is 5.39 Å². The van der Waals surface area contributed by atoms with Gasteiger partial charge in [0.1, 0.15) is 6.33 Å². The second kappa shape index (κ2) is 3.67. The number of aromatic amines is 1. The number of anilines is 2. The number of hydrogen-bond donors (Lipinski definition) is 3. The average molecular weight is 266 g/mol. The third-order valence-electron chi connectivity index (χ3n) is 3.14. The van der Waals surface area contributed by atoms with Crippen molar-refractivity contribution in [3.05, 3.63) is 30.7 Å². The molecule has 4 rings (SSSR count). The summed E-state index contributed by atoms with van der Waals surface area (Å²) >= 11 is 0. The fraction of sp³-hybridized carbons (Fsp3) is 0. The molecular weight excluding hydrogens is 256 g/mol. The standard InChI is InChI=1S/C12H10N8/c13-10-9-11(18-12(14)17-10)20(5-15-9)7-2-1-6-4-16-19-8(6)3-7/h1-5H,(H,16,19)(H4,13,14,17,18). The molecule has 0 spiro atoms. The molecular formula is C12H10N8. The molecule has 0 atom stereocenters. The lowest BCUT2D eigenvalue weighted by Crippen LogP contribution is -2.02. The van der Waals surface area contributed by atoms with Crippen molar-refractivity contribution < 1.29 is 0 Å². The van der Waals surface area contributed by atoms with Crippen molar-refractivity contribution in [2.24, 2.45) is 0 Å². The summed E-state index contributed by atoms with van der Waals surface area (Å²) in [5.41, 5.74) is 14.4. The predicted octanol–water partition coefficient (Wildman–Crippen LogP) is 0.856. The fourth-order valence-electron chi connectivity index (χ4n) is 2.20. The van der Waals surface area contributed by atoms with Crippen LogP contribution in [0.15, 0.2) is 30.7 Å². The van der Waals surface area contributed by atoms with Crippen molar-refractivity contribution in [1.82, 2.24) is 29.7 Å². The van der Waals surface area contributed by atoms with Crippen LogP contribution in [0.1, 0.15) is 0 Å². The van der Waals surface area contributed by atoms with E-state index in [1.54, 1.807) is 12.5 Å². The summed E-state index contributed by atoms with van der Waals surface area (Å²) in [5, 5.41) is 7.96. The minimum absolute atomic E-state index is 0.124. The Balaban J connectivity index is 2.01. The number of hydrogen-bond acceptors (Lipinski definition) is 6. The van der Waals surface area contributed by atoms with Gasteiger partial charge < -0.3 is 11.5 Å². The molecule has 0 aliphatic heterocycles. The maximum atomic E-state index is 5.80. The number of nitrogens with zero attached hydrogens (tertiary/aromatic N) is 5. The van der Waals surface area contributed by atoms with E-state index in [1.165, 1.54) is 0 Å². The van der Waals surface area contributed by atoms with Gasteiger partial charge in [-0.1, -0.05) is 0 Å². The van der Waals surface area contributed by atoms with Crippen molar-refractivity contribution in [1.29, 1.82) is 0 Å². The monoisotopic (exact) mass is 266 g/mol. The van der Waals surface area contributed by atoms with Gasteiger partial charge in [-0.3, -0.25) is 9.67 Å². The van der Waals surface area contributed by atoms with Crippen molar-refractivity contribution >= 4 is 33.8 Å². The van der Waals surface area contributed by atoms with Crippen molar-refractivity contribution in [2.75, 3.05) is 11.5 Å². The highest BCUT2D eigenvalue weighted by Crippen LogP contribution is 2.22. The van der Waals surface area contributed by atoms with Crippen LogP contribution >= 0.6 is 0 Å². The van der Waals surface area contributed by atoms with Crippen LogP contribution in [0.2, 0.25) is 0 Å². The molecule has 8 heteroatoms. The van der Waals surface area contributed by atoms with Crippen molar-refractivity contribution in [3.63, 3.8) is 0 Å². The van der Waals surface area contributed by atoms with Gasteiger partial charge in [-0.05, 0) is 18.2 Å². The molecule has 0 unspecified atom stereocenters. The molecule has 0 aliphatic carbocycles. The number of imidazole rings is 1. The zero-order valence-corrected chi connectivity index (χ0v) is 10.3. The van der Waals surface area contributed by atoms with Gasteiger partial charge >= 0.3 is 0 Å². The van der Waals surface area contributed by atoms with Crippen LogP contribution in [0, 0.1) is 0 Å². The smallest absolute Gasteiger partial charge is 0.224 e. The van der Waals surface area contributed by atoms with Crippen LogP contribution in [-0.2, 0) is 0 Å². The topological polar surface area (TPSA) is 124 Å². The van der Waals surface area contributed by atoms with Crippen LogP contribution < -0.4 is 11.5 Å². The lowest BCUT2D eigenvalue weighted by Gasteiger charge is -2.04.